The number of rotatable bonds is 5. The van der Waals surface area contributed by atoms with Crippen molar-refractivity contribution in [3.8, 4) is 0 Å². The number of alkyl halides is 3. The third-order valence-corrected chi connectivity index (χ3v) is 3.54. The fourth-order valence-electron chi connectivity index (χ4n) is 1.93. The highest BCUT2D eigenvalue weighted by atomic mass is 32.2. The molecule has 96 valence electrons. The molecule has 0 aliphatic heterocycles. The van der Waals surface area contributed by atoms with Gasteiger partial charge in [0.05, 0.1) is 6.10 Å². The molecule has 1 saturated carbocycles. The number of methoxy groups -OCH3 is 1. The van der Waals surface area contributed by atoms with E-state index in [1.165, 1.54) is 0 Å². The Balaban J connectivity index is 2.02. The maximum absolute atomic E-state index is 11.8. The van der Waals surface area contributed by atoms with Crippen LogP contribution in [0.2, 0.25) is 0 Å². The van der Waals surface area contributed by atoms with E-state index in [9.17, 15) is 13.2 Å². The fourth-order valence-corrected chi connectivity index (χ4v) is 2.38. The zero-order chi connectivity index (χ0) is 12.0. The minimum atomic E-state index is -4.10. The second kappa shape index (κ2) is 6.71. The van der Waals surface area contributed by atoms with Gasteiger partial charge in [0.25, 0.3) is 0 Å². The van der Waals surface area contributed by atoms with Crippen molar-refractivity contribution >= 4 is 11.8 Å². The molecule has 1 aliphatic rings. The molecule has 0 aromatic heterocycles. The van der Waals surface area contributed by atoms with Crippen LogP contribution in [0.1, 0.15) is 25.7 Å². The Morgan fingerprint density at radius 3 is 2.38 bits per heavy atom. The lowest BCUT2D eigenvalue weighted by Crippen LogP contribution is -2.36. The van der Waals surface area contributed by atoms with E-state index < -0.39 is 5.51 Å². The van der Waals surface area contributed by atoms with E-state index in [0.29, 0.717) is 18.7 Å². The monoisotopic (exact) mass is 257 g/mol. The van der Waals surface area contributed by atoms with E-state index in [4.69, 9.17) is 4.74 Å². The summed E-state index contributed by atoms with van der Waals surface area (Å²) in [4.78, 5) is 0. The Bertz CT molecular complexity index is 193. The highest BCUT2D eigenvalue weighted by Gasteiger charge is 2.27. The van der Waals surface area contributed by atoms with Gasteiger partial charge in [0.15, 0.2) is 0 Å². The lowest BCUT2D eigenvalue weighted by Gasteiger charge is -2.28. The molecule has 0 atom stereocenters. The lowest BCUT2D eigenvalue weighted by molar-refractivity contribution is -0.0327. The zero-order valence-corrected chi connectivity index (χ0v) is 10.2. The number of thioether (sulfide) groups is 1. The molecule has 1 fully saturated rings. The predicted molar refractivity (Wildman–Crippen MR) is 59.6 cm³/mol. The molecule has 0 unspecified atom stereocenters. The second-order valence-corrected chi connectivity index (χ2v) is 5.12. The minimum absolute atomic E-state index is 0.0400. The first-order valence-corrected chi connectivity index (χ1v) is 6.46. The fraction of sp³-hybridized carbons (Fsp3) is 1.00. The molecule has 0 bridgehead atoms. The predicted octanol–water partition coefficient (Wildman–Crippen LogP) is 2.79. The molecule has 0 radical (unpaired) electrons. The smallest absolute Gasteiger partial charge is 0.381 e. The Labute approximate surface area is 98.3 Å². The molecule has 1 aliphatic carbocycles. The van der Waals surface area contributed by atoms with Gasteiger partial charge in [0.1, 0.15) is 0 Å². The van der Waals surface area contributed by atoms with Gasteiger partial charge in [-0.25, -0.2) is 0 Å². The molecule has 0 aromatic carbocycles. The van der Waals surface area contributed by atoms with Crippen molar-refractivity contribution < 1.29 is 17.9 Å². The number of hydrogen-bond acceptors (Lipinski definition) is 3. The quantitative estimate of drug-likeness (QED) is 0.765. The molecule has 0 aromatic rings. The molecule has 0 saturated heterocycles. The Morgan fingerprint density at radius 2 is 1.88 bits per heavy atom. The molecule has 0 amide bonds. The second-order valence-electron chi connectivity index (χ2n) is 3.96. The van der Waals surface area contributed by atoms with Crippen LogP contribution in [0.5, 0.6) is 0 Å². The summed E-state index contributed by atoms with van der Waals surface area (Å²) in [7, 11) is 1.71. The van der Waals surface area contributed by atoms with Crippen LogP contribution < -0.4 is 5.32 Å². The number of ether oxygens (including phenoxy) is 1. The van der Waals surface area contributed by atoms with Crippen molar-refractivity contribution in [3.05, 3.63) is 0 Å². The summed E-state index contributed by atoms with van der Waals surface area (Å²) < 4.78 is 40.7. The highest BCUT2D eigenvalue weighted by Crippen LogP contribution is 2.29. The highest BCUT2D eigenvalue weighted by molar-refractivity contribution is 8.00. The average molecular weight is 257 g/mol. The molecule has 1 rings (SSSR count). The summed E-state index contributed by atoms with van der Waals surface area (Å²) in [5.41, 5.74) is -4.10. The third-order valence-electron chi connectivity index (χ3n) is 2.81. The average Bonchev–Trinajstić information content (AvgIpc) is 2.24. The molecule has 2 nitrogen and oxygen atoms in total. The van der Waals surface area contributed by atoms with E-state index >= 15 is 0 Å². The van der Waals surface area contributed by atoms with E-state index in [2.05, 4.69) is 5.32 Å². The summed E-state index contributed by atoms with van der Waals surface area (Å²) >= 11 is 0.0400. The van der Waals surface area contributed by atoms with Gasteiger partial charge in [-0.2, -0.15) is 13.2 Å². The maximum Gasteiger partial charge on any atom is 0.441 e. The van der Waals surface area contributed by atoms with E-state index in [0.717, 1.165) is 25.7 Å². The van der Waals surface area contributed by atoms with Gasteiger partial charge in [-0.1, -0.05) is 0 Å². The van der Waals surface area contributed by atoms with Crippen LogP contribution in [0.3, 0.4) is 0 Å². The SMILES string of the molecule is COC1CCC(NCCSC(F)(F)F)CC1. The summed E-state index contributed by atoms with van der Waals surface area (Å²) in [6, 6.07) is 0.361. The van der Waals surface area contributed by atoms with Crippen LogP contribution in [-0.2, 0) is 4.74 Å². The van der Waals surface area contributed by atoms with Crippen molar-refractivity contribution in [2.75, 3.05) is 19.4 Å². The van der Waals surface area contributed by atoms with Crippen LogP contribution in [-0.4, -0.2) is 37.1 Å². The van der Waals surface area contributed by atoms with Crippen molar-refractivity contribution in [3.63, 3.8) is 0 Å². The number of nitrogens with one attached hydrogen (secondary N) is 1. The van der Waals surface area contributed by atoms with E-state index in [-0.39, 0.29) is 17.5 Å². The summed E-state index contributed by atoms with van der Waals surface area (Å²) in [5, 5.41) is 3.16. The molecular weight excluding hydrogens is 239 g/mol. The van der Waals surface area contributed by atoms with Gasteiger partial charge < -0.3 is 10.1 Å². The number of halogens is 3. The molecular formula is C10H18F3NOS. The Hall–Kier alpha value is 0.0600. The molecule has 1 N–H and O–H groups in total. The van der Waals surface area contributed by atoms with Crippen LogP contribution in [0.15, 0.2) is 0 Å². The van der Waals surface area contributed by atoms with Gasteiger partial charge in [-0.05, 0) is 37.4 Å². The van der Waals surface area contributed by atoms with Crippen molar-refractivity contribution in [2.45, 2.75) is 43.3 Å². The maximum atomic E-state index is 11.8. The van der Waals surface area contributed by atoms with Gasteiger partial charge in [-0.3, -0.25) is 0 Å². The lowest BCUT2D eigenvalue weighted by atomic mass is 9.93. The van der Waals surface area contributed by atoms with Crippen LogP contribution in [0.25, 0.3) is 0 Å². The van der Waals surface area contributed by atoms with Crippen molar-refractivity contribution in [2.24, 2.45) is 0 Å². The van der Waals surface area contributed by atoms with Gasteiger partial charge >= 0.3 is 5.51 Å². The van der Waals surface area contributed by atoms with Gasteiger partial charge in [-0.15, -0.1) is 0 Å². The summed E-state index contributed by atoms with van der Waals surface area (Å²) in [6.07, 6.45) is 4.33. The first kappa shape index (κ1) is 14.1. The molecule has 0 spiro atoms. The first-order valence-electron chi connectivity index (χ1n) is 5.48. The Kier molecular flexibility index (Phi) is 5.92. The normalized spacial score (nSPS) is 27.0. The zero-order valence-electron chi connectivity index (χ0n) is 9.35. The topological polar surface area (TPSA) is 21.3 Å². The number of hydrogen-bond donors (Lipinski definition) is 1. The third kappa shape index (κ3) is 5.96. The largest absolute Gasteiger partial charge is 0.441 e. The summed E-state index contributed by atoms with van der Waals surface area (Å²) in [6.45, 7) is 0.423. The molecule has 16 heavy (non-hydrogen) atoms. The molecule has 0 heterocycles. The van der Waals surface area contributed by atoms with Crippen LogP contribution >= 0.6 is 11.8 Å². The minimum Gasteiger partial charge on any atom is -0.381 e. The van der Waals surface area contributed by atoms with Crippen molar-refractivity contribution in [1.29, 1.82) is 0 Å². The van der Waals surface area contributed by atoms with Crippen LogP contribution in [0, 0.1) is 0 Å². The summed E-state index contributed by atoms with van der Waals surface area (Å²) in [5.74, 6) is 0.0910. The molecule has 6 heteroatoms. The van der Waals surface area contributed by atoms with Gasteiger partial charge in [0.2, 0.25) is 0 Å². The van der Waals surface area contributed by atoms with Crippen LogP contribution in [0.4, 0.5) is 13.2 Å². The van der Waals surface area contributed by atoms with Crippen molar-refractivity contribution in [1.82, 2.24) is 5.32 Å². The van der Waals surface area contributed by atoms with E-state index in [1.54, 1.807) is 7.11 Å². The standard InChI is InChI=1S/C10H18F3NOS/c1-15-9-4-2-8(3-5-9)14-6-7-16-10(11,12)13/h8-9,14H,2-7H2,1H3. The van der Waals surface area contributed by atoms with E-state index in [1.807, 2.05) is 0 Å². The van der Waals surface area contributed by atoms with Gasteiger partial charge in [0, 0.05) is 25.4 Å². The first-order chi connectivity index (χ1) is 7.51. The Morgan fingerprint density at radius 1 is 1.25 bits per heavy atom.